The Morgan fingerprint density at radius 2 is 1.94 bits per heavy atom. The first-order chi connectivity index (χ1) is 17.5. The quantitative estimate of drug-likeness (QED) is 0.499. The standard InChI is InChI=1S/C25H36N6O5/c1-4-20(25(33)26-18-8-5-6-9-18)30(15-19-10-7-13-36-19)23(32)16-31-28-24(27-29-31)17-11-12-21(34-2)22(14-17)35-3/h11-12,14,18-20H,4-10,13,15-16H2,1-3H3,(H,26,33)/t19-,20-/m0/s1. The van der Waals surface area contributed by atoms with Crippen molar-refractivity contribution >= 4 is 11.8 Å². The maximum Gasteiger partial charge on any atom is 0.247 e. The predicted octanol–water partition coefficient (Wildman–Crippen LogP) is 2.20. The van der Waals surface area contributed by atoms with Crippen molar-refractivity contribution in [2.45, 2.75) is 76.6 Å². The first kappa shape index (κ1) is 25.9. The van der Waals surface area contributed by atoms with Crippen molar-refractivity contribution in [1.29, 1.82) is 0 Å². The molecular formula is C25H36N6O5. The van der Waals surface area contributed by atoms with E-state index in [1.165, 1.54) is 4.80 Å². The van der Waals surface area contributed by atoms with Gasteiger partial charge < -0.3 is 24.4 Å². The molecule has 36 heavy (non-hydrogen) atoms. The number of aromatic nitrogens is 4. The number of amides is 2. The van der Waals surface area contributed by atoms with Crippen molar-refractivity contribution in [3.63, 3.8) is 0 Å². The van der Waals surface area contributed by atoms with Gasteiger partial charge in [-0.3, -0.25) is 9.59 Å². The molecule has 1 aromatic carbocycles. The Hall–Kier alpha value is -3.21. The van der Waals surface area contributed by atoms with Crippen LogP contribution < -0.4 is 14.8 Å². The smallest absolute Gasteiger partial charge is 0.247 e. The van der Waals surface area contributed by atoms with Crippen LogP contribution in [0, 0.1) is 0 Å². The maximum atomic E-state index is 13.5. The zero-order valence-corrected chi connectivity index (χ0v) is 21.3. The summed E-state index contributed by atoms with van der Waals surface area (Å²) in [5, 5.41) is 15.7. The van der Waals surface area contributed by atoms with Crippen LogP contribution in [0.5, 0.6) is 11.5 Å². The molecule has 2 fully saturated rings. The number of nitrogens with one attached hydrogen (secondary N) is 1. The second-order valence-electron chi connectivity index (χ2n) is 9.31. The molecule has 11 nitrogen and oxygen atoms in total. The average Bonchev–Trinajstić information content (AvgIpc) is 3.67. The molecule has 0 spiro atoms. The highest BCUT2D eigenvalue weighted by atomic mass is 16.5. The number of carbonyl (C=O) groups is 2. The number of methoxy groups -OCH3 is 2. The number of nitrogens with zero attached hydrogens (tertiary/aromatic N) is 5. The summed E-state index contributed by atoms with van der Waals surface area (Å²) in [4.78, 5) is 29.6. The highest BCUT2D eigenvalue weighted by Gasteiger charge is 2.33. The number of tetrazole rings is 1. The van der Waals surface area contributed by atoms with Crippen molar-refractivity contribution < 1.29 is 23.8 Å². The number of rotatable bonds is 11. The van der Waals surface area contributed by atoms with Gasteiger partial charge in [0.25, 0.3) is 0 Å². The highest BCUT2D eigenvalue weighted by molar-refractivity contribution is 5.87. The molecular weight excluding hydrogens is 464 g/mol. The van der Waals surface area contributed by atoms with Crippen LogP contribution in [0.2, 0.25) is 0 Å². The van der Waals surface area contributed by atoms with Crippen molar-refractivity contribution in [1.82, 2.24) is 30.4 Å². The Labute approximate surface area is 211 Å². The Bertz CT molecular complexity index is 1030. The van der Waals surface area contributed by atoms with Gasteiger partial charge in [0, 0.05) is 24.8 Å². The summed E-state index contributed by atoms with van der Waals surface area (Å²) in [7, 11) is 3.12. The van der Waals surface area contributed by atoms with E-state index in [4.69, 9.17) is 14.2 Å². The lowest BCUT2D eigenvalue weighted by Crippen LogP contribution is -2.54. The number of carbonyl (C=O) groups excluding carboxylic acids is 2. The van der Waals surface area contributed by atoms with Crippen LogP contribution in [0.4, 0.5) is 0 Å². The van der Waals surface area contributed by atoms with Gasteiger partial charge in [0.15, 0.2) is 11.5 Å². The highest BCUT2D eigenvalue weighted by Crippen LogP contribution is 2.30. The fraction of sp³-hybridized carbons (Fsp3) is 0.640. The van der Waals surface area contributed by atoms with Crippen LogP contribution in [-0.2, 0) is 20.9 Å². The monoisotopic (exact) mass is 500 g/mol. The van der Waals surface area contributed by atoms with E-state index in [-0.39, 0.29) is 30.5 Å². The minimum atomic E-state index is -0.573. The summed E-state index contributed by atoms with van der Waals surface area (Å²) >= 11 is 0. The van der Waals surface area contributed by atoms with Crippen LogP contribution in [0.25, 0.3) is 11.4 Å². The fourth-order valence-electron chi connectivity index (χ4n) is 4.94. The number of ether oxygens (including phenoxy) is 3. The summed E-state index contributed by atoms with van der Waals surface area (Å²) in [6, 6.07) is 4.93. The van der Waals surface area contributed by atoms with E-state index in [9.17, 15) is 9.59 Å². The van der Waals surface area contributed by atoms with Crippen molar-refractivity contribution in [3.8, 4) is 22.9 Å². The van der Waals surface area contributed by atoms with Crippen LogP contribution >= 0.6 is 0 Å². The molecule has 1 N–H and O–H groups in total. The van der Waals surface area contributed by atoms with Gasteiger partial charge in [-0.1, -0.05) is 19.8 Å². The van der Waals surface area contributed by atoms with Gasteiger partial charge in [-0.15, -0.1) is 10.2 Å². The third kappa shape index (κ3) is 6.13. The SMILES string of the molecule is CC[C@@H](C(=O)NC1CCCC1)N(C[C@@H]1CCCO1)C(=O)Cn1nnc(-c2ccc(OC)c(OC)c2)n1. The topological polar surface area (TPSA) is 121 Å². The number of benzene rings is 1. The zero-order valence-electron chi connectivity index (χ0n) is 21.3. The molecule has 1 aromatic heterocycles. The van der Waals surface area contributed by atoms with E-state index in [1.807, 2.05) is 6.92 Å². The Kier molecular flexibility index (Phi) is 8.74. The first-order valence-electron chi connectivity index (χ1n) is 12.7. The van der Waals surface area contributed by atoms with Gasteiger partial charge in [0.2, 0.25) is 17.6 Å². The third-order valence-electron chi connectivity index (χ3n) is 6.88. The van der Waals surface area contributed by atoms with E-state index in [0.29, 0.717) is 42.5 Å². The van der Waals surface area contributed by atoms with E-state index < -0.39 is 6.04 Å². The molecule has 0 unspecified atom stereocenters. The van der Waals surface area contributed by atoms with E-state index in [0.717, 1.165) is 38.5 Å². The molecule has 2 atom stereocenters. The summed E-state index contributed by atoms with van der Waals surface area (Å²) in [6.07, 6.45) is 6.49. The first-order valence-corrected chi connectivity index (χ1v) is 12.7. The molecule has 11 heteroatoms. The van der Waals surface area contributed by atoms with Crippen LogP contribution in [0.3, 0.4) is 0 Å². The van der Waals surface area contributed by atoms with Crippen molar-refractivity contribution in [3.05, 3.63) is 18.2 Å². The van der Waals surface area contributed by atoms with Gasteiger partial charge in [-0.2, -0.15) is 4.80 Å². The Morgan fingerprint density at radius 3 is 2.61 bits per heavy atom. The molecule has 0 bridgehead atoms. The molecule has 2 aromatic rings. The molecule has 1 saturated carbocycles. The molecule has 2 heterocycles. The van der Waals surface area contributed by atoms with Crippen LogP contribution in [-0.4, -0.2) is 82.5 Å². The van der Waals surface area contributed by atoms with Gasteiger partial charge in [0.05, 0.1) is 20.3 Å². The largest absolute Gasteiger partial charge is 0.493 e. The minimum Gasteiger partial charge on any atom is -0.493 e. The Balaban J connectivity index is 1.49. The zero-order chi connectivity index (χ0) is 25.5. The lowest BCUT2D eigenvalue weighted by atomic mass is 10.1. The van der Waals surface area contributed by atoms with E-state index in [1.54, 1.807) is 37.3 Å². The van der Waals surface area contributed by atoms with Gasteiger partial charge in [0.1, 0.15) is 12.6 Å². The molecule has 2 amide bonds. The van der Waals surface area contributed by atoms with Gasteiger partial charge in [-0.25, -0.2) is 0 Å². The molecule has 0 radical (unpaired) electrons. The van der Waals surface area contributed by atoms with Gasteiger partial charge >= 0.3 is 0 Å². The third-order valence-corrected chi connectivity index (χ3v) is 6.88. The predicted molar refractivity (Wildman–Crippen MR) is 132 cm³/mol. The summed E-state index contributed by atoms with van der Waals surface area (Å²) in [6.45, 7) is 2.85. The van der Waals surface area contributed by atoms with E-state index >= 15 is 0 Å². The molecule has 1 aliphatic carbocycles. The number of hydrogen-bond acceptors (Lipinski definition) is 8. The maximum absolute atomic E-state index is 13.5. The molecule has 2 aliphatic rings. The van der Waals surface area contributed by atoms with E-state index in [2.05, 4.69) is 20.7 Å². The minimum absolute atomic E-state index is 0.0756. The summed E-state index contributed by atoms with van der Waals surface area (Å²) < 4.78 is 16.4. The fourth-order valence-corrected chi connectivity index (χ4v) is 4.94. The van der Waals surface area contributed by atoms with Crippen molar-refractivity contribution in [2.75, 3.05) is 27.4 Å². The molecule has 1 aliphatic heterocycles. The Morgan fingerprint density at radius 1 is 1.17 bits per heavy atom. The van der Waals surface area contributed by atoms with Crippen LogP contribution in [0.15, 0.2) is 18.2 Å². The second-order valence-corrected chi connectivity index (χ2v) is 9.31. The van der Waals surface area contributed by atoms with Crippen LogP contribution in [0.1, 0.15) is 51.9 Å². The average molecular weight is 501 g/mol. The molecule has 4 rings (SSSR count). The normalized spacial score (nSPS) is 18.7. The number of hydrogen-bond donors (Lipinski definition) is 1. The van der Waals surface area contributed by atoms with Gasteiger partial charge in [-0.05, 0) is 55.5 Å². The molecule has 196 valence electrons. The lowest BCUT2D eigenvalue weighted by molar-refractivity contribution is -0.143. The lowest BCUT2D eigenvalue weighted by Gasteiger charge is -2.32. The van der Waals surface area contributed by atoms with Crippen molar-refractivity contribution in [2.24, 2.45) is 0 Å². The summed E-state index contributed by atoms with van der Waals surface area (Å²) in [5.41, 5.74) is 0.685. The second kappa shape index (κ2) is 12.2. The molecule has 1 saturated heterocycles. The summed E-state index contributed by atoms with van der Waals surface area (Å²) in [5.74, 6) is 1.16.